The molecule has 0 radical (unpaired) electrons. The molecule has 170 valence electrons. The van der Waals surface area contributed by atoms with Gasteiger partial charge in [0.25, 0.3) is 0 Å². The molecule has 0 unspecified atom stereocenters. The van der Waals surface area contributed by atoms with Gasteiger partial charge in [0.1, 0.15) is 0 Å². The Morgan fingerprint density at radius 2 is 0.912 bits per heavy atom. The van der Waals surface area contributed by atoms with E-state index in [1.165, 1.54) is 0 Å². The molecule has 0 atom stereocenters. The molecule has 2 N–H and O–H groups in total. The molecule has 0 saturated carbocycles. The third-order valence-corrected chi connectivity index (χ3v) is 4.81. The van der Waals surface area contributed by atoms with Crippen LogP contribution in [0.3, 0.4) is 0 Å². The van der Waals surface area contributed by atoms with Crippen LogP contribution in [0.1, 0.15) is 22.8 Å². The number of hydrogen-bond donors (Lipinski definition) is 2. The van der Waals surface area contributed by atoms with Crippen molar-refractivity contribution < 1.29 is 10.2 Å². The van der Waals surface area contributed by atoms with E-state index in [1.54, 1.807) is 24.6 Å². The van der Waals surface area contributed by atoms with Crippen LogP contribution in [-0.2, 0) is 13.2 Å². The van der Waals surface area contributed by atoms with Crippen molar-refractivity contribution in [2.75, 3.05) is 13.1 Å². The van der Waals surface area contributed by atoms with Crippen molar-refractivity contribution in [1.82, 2.24) is 19.9 Å². The lowest BCUT2D eigenvalue weighted by Crippen LogP contribution is -1.97. The zero-order valence-electron chi connectivity index (χ0n) is 18.5. The minimum atomic E-state index is -0.108. The maximum absolute atomic E-state index is 9.28. The summed E-state index contributed by atoms with van der Waals surface area (Å²) in [5, 5.41) is 18.6. The number of pyridine rings is 4. The summed E-state index contributed by atoms with van der Waals surface area (Å²) in [5.41, 5.74) is 5.52. The van der Waals surface area contributed by atoms with Crippen molar-refractivity contribution in [3.63, 3.8) is 0 Å². The summed E-state index contributed by atoms with van der Waals surface area (Å²) >= 11 is 0. The monoisotopic (exact) mass is 452 g/mol. The molecule has 0 aromatic carbocycles. The number of aromatic nitrogens is 4. The minimum absolute atomic E-state index is 0.108. The smallest absolute Gasteiger partial charge is 0.0894 e. The van der Waals surface area contributed by atoms with E-state index in [-0.39, 0.29) is 13.2 Å². The van der Waals surface area contributed by atoms with Gasteiger partial charge in [0, 0.05) is 12.4 Å². The quantitative estimate of drug-likeness (QED) is 0.298. The molecule has 0 saturated heterocycles. The lowest BCUT2D eigenvalue weighted by Gasteiger charge is -2.03. The standard InChI is InChI=1S/C26H24N6O2/c33-17-21-7-3-11-25(31-21)23-9-1-5-19(29-23)15-27-13-14-28-16-20-6-2-10-24(30-20)26-12-4-8-22(18-34)32-26/h1-12,15-16,33-34H,13-14,17-18H2. The summed E-state index contributed by atoms with van der Waals surface area (Å²) in [6, 6.07) is 22.3. The molecule has 8 nitrogen and oxygen atoms in total. The van der Waals surface area contributed by atoms with Gasteiger partial charge in [-0.05, 0) is 48.5 Å². The van der Waals surface area contributed by atoms with Gasteiger partial charge in [-0.15, -0.1) is 0 Å². The van der Waals surface area contributed by atoms with Gasteiger partial charge in [-0.1, -0.05) is 24.3 Å². The molecule has 0 aliphatic rings. The predicted molar refractivity (Wildman–Crippen MR) is 132 cm³/mol. The van der Waals surface area contributed by atoms with Crippen LogP contribution >= 0.6 is 0 Å². The number of aliphatic hydroxyl groups is 2. The zero-order chi connectivity index (χ0) is 23.6. The SMILES string of the molecule is OCc1cccc(-c2cccc(C=NCCN=Cc3cccc(-c4cccc(CO)n4)n3)n2)n1. The Hall–Kier alpha value is -4.14. The van der Waals surface area contributed by atoms with Gasteiger partial charge in [0.2, 0.25) is 0 Å². The molecule has 0 aliphatic carbocycles. The van der Waals surface area contributed by atoms with Gasteiger partial charge in [-0.3, -0.25) is 9.98 Å². The first kappa shape index (κ1) is 23.0. The van der Waals surface area contributed by atoms with Crippen LogP contribution in [0.5, 0.6) is 0 Å². The second-order valence-electron chi connectivity index (χ2n) is 7.31. The van der Waals surface area contributed by atoms with Crippen LogP contribution in [0.2, 0.25) is 0 Å². The van der Waals surface area contributed by atoms with Gasteiger partial charge in [0.15, 0.2) is 0 Å². The summed E-state index contributed by atoms with van der Waals surface area (Å²) in [6.45, 7) is 0.813. The molecule has 4 aromatic heterocycles. The highest BCUT2D eigenvalue weighted by Crippen LogP contribution is 2.16. The molecular formula is C26H24N6O2. The largest absolute Gasteiger partial charge is 0.390 e. The van der Waals surface area contributed by atoms with Crippen LogP contribution in [0.25, 0.3) is 22.8 Å². The molecule has 34 heavy (non-hydrogen) atoms. The normalized spacial score (nSPS) is 11.5. The van der Waals surface area contributed by atoms with E-state index in [1.807, 2.05) is 60.7 Å². The third kappa shape index (κ3) is 6.22. The Kier molecular flexibility index (Phi) is 7.89. The van der Waals surface area contributed by atoms with Crippen LogP contribution in [0.15, 0.2) is 82.8 Å². The van der Waals surface area contributed by atoms with Crippen molar-refractivity contribution in [1.29, 1.82) is 0 Å². The van der Waals surface area contributed by atoms with E-state index in [0.717, 1.165) is 22.8 Å². The topological polar surface area (TPSA) is 117 Å². The van der Waals surface area contributed by atoms with E-state index in [9.17, 15) is 10.2 Å². The number of rotatable bonds is 9. The molecule has 4 rings (SSSR count). The Balaban J connectivity index is 1.34. The van der Waals surface area contributed by atoms with Gasteiger partial charge in [-0.25, -0.2) is 19.9 Å². The average molecular weight is 453 g/mol. The van der Waals surface area contributed by atoms with Crippen molar-refractivity contribution in [2.45, 2.75) is 13.2 Å². The number of nitrogens with zero attached hydrogens (tertiary/aromatic N) is 6. The van der Waals surface area contributed by atoms with Gasteiger partial charge in [0.05, 0.1) is 71.9 Å². The van der Waals surface area contributed by atoms with Crippen molar-refractivity contribution >= 4 is 12.4 Å². The van der Waals surface area contributed by atoms with Crippen LogP contribution in [-0.4, -0.2) is 55.7 Å². The molecule has 4 aromatic rings. The molecular weight excluding hydrogens is 428 g/mol. The Morgan fingerprint density at radius 1 is 0.529 bits per heavy atom. The maximum atomic E-state index is 9.28. The third-order valence-electron chi connectivity index (χ3n) is 4.81. The predicted octanol–water partition coefficient (Wildman–Crippen LogP) is 3.12. The van der Waals surface area contributed by atoms with E-state index in [2.05, 4.69) is 29.9 Å². The first-order valence-corrected chi connectivity index (χ1v) is 10.8. The van der Waals surface area contributed by atoms with E-state index >= 15 is 0 Å². The zero-order valence-corrected chi connectivity index (χ0v) is 18.5. The fourth-order valence-electron chi connectivity index (χ4n) is 3.18. The Morgan fingerprint density at radius 3 is 1.32 bits per heavy atom. The highest BCUT2D eigenvalue weighted by molar-refractivity contribution is 5.79. The first-order chi connectivity index (χ1) is 16.7. The van der Waals surface area contributed by atoms with E-state index in [4.69, 9.17) is 0 Å². The molecule has 0 bridgehead atoms. The fraction of sp³-hybridized carbons (Fsp3) is 0.154. The summed E-state index contributed by atoms with van der Waals surface area (Å²) in [7, 11) is 0. The molecule has 0 spiro atoms. The van der Waals surface area contributed by atoms with Crippen LogP contribution in [0.4, 0.5) is 0 Å². The highest BCUT2D eigenvalue weighted by atomic mass is 16.3. The second kappa shape index (κ2) is 11.6. The Bertz CT molecular complexity index is 1200. The van der Waals surface area contributed by atoms with Crippen LogP contribution < -0.4 is 0 Å². The lowest BCUT2D eigenvalue weighted by molar-refractivity contribution is 0.277. The molecule has 8 heteroatoms. The maximum Gasteiger partial charge on any atom is 0.0894 e. The summed E-state index contributed by atoms with van der Waals surface area (Å²) in [4.78, 5) is 26.7. The van der Waals surface area contributed by atoms with Crippen molar-refractivity contribution in [3.8, 4) is 22.8 Å². The lowest BCUT2D eigenvalue weighted by atomic mass is 10.2. The number of aliphatic imine (C=N–C) groups is 2. The summed E-state index contributed by atoms with van der Waals surface area (Å²) < 4.78 is 0. The molecule has 4 heterocycles. The molecule has 0 amide bonds. The van der Waals surface area contributed by atoms with Gasteiger partial charge >= 0.3 is 0 Å². The van der Waals surface area contributed by atoms with Gasteiger partial charge in [-0.2, -0.15) is 0 Å². The van der Waals surface area contributed by atoms with Crippen molar-refractivity contribution in [3.05, 3.63) is 95.6 Å². The number of aliphatic hydroxyl groups excluding tert-OH is 2. The Labute approximate surface area is 197 Å². The minimum Gasteiger partial charge on any atom is -0.390 e. The fourth-order valence-corrected chi connectivity index (χ4v) is 3.18. The van der Waals surface area contributed by atoms with Crippen molar-refractivity contribution in [2.24, 2.45) is 9.98 Å². The summed E-state index contributed by atoms with van der Waals surface area (Å²) in [5.74, 6) is 0. The molecule has 0 aliphatic heterocycles. The van der Waals surface area contributed by atoms with Gasteiger partial charge < -0.3 is 10.2 Å². The van der Waals surface area contributed by atoms with E-state index in [0.29, 0.717) is 35.9 Å². The van der Waals surface area contributed by atoms with Crippen LogP contribution in [0, 0.1) is 0 Å². The summed E-state index contributed by atoms with van der Waals surface area (Å²) in [6.07, 6.45) is 3.43. The first-order valence-electron chi connectivity index (χ1n) is 10.8. The second-order valence-corrected chi connectivity index (χ2v) is 7.31. The highest BCUT2D eigenvalue weighted by Gasteiger charge is 2.04. The molecule has 0 fully saturated rings. The average Bonchev–Trinajstić information content (AvgIpc) is 2.91. The number of hydrogen-bond acceptors (Lipinski definition) is 8. The van der Waals surface area contributed by atoms with E-state index < -0.39 is 0 Å².